The highest BCUT2D eigenvalue weighted by Gasteiger charge is 2.20. The molecule has 106 valence electrons. The lowest BCUT2D eigenvalue weighted by Crippen LogP contribution is -2.16. The molecule has 1 saturated carbocycles. The Bertz CT molecular complexity index is 523. The second kappa shape index (κ2) is 6.97. The lowest BCUT2D eigenvalue weighted by Gasteiger charge is -2.06. The van der Waals surface area contributed by atoms with Crippen molar-refractivity contribution in [1.82, 2.24) is 10.3 Å². The van der Waals surface area contributed by atoms with Gasteiger partial charge in [-0.05, 0) is 36.4 Å². The van der Waals surface area contributed by atoms with Gasteiger partial charge in [0.25, 0.3) is 0 Å². The van der Waals surface area contributed by atoms with Gasteiger partial charge >= 0.3 is 0 Å². The molecule has 0 aliphatic heterocycles. The van der Waals surface area contributed by atoms with E-state index in [-0.39, 0.29) is 0 Å². The molecule has 1 fully saturated rings. The van der Waals surface area contributed by atoms with Crippen LogP contribution in [-0.2, 0) is 24.3 Å². The number of nitrogens with one attached hydrogen (secondary N) is 1. The predicted octanol–water partition coefficient (Wildman–Crippen LogP) is 3.15. The van der Waals surface area contributed by atoms with Crippen LogP contribution in [0.4, 0.5) is 0 Å². The second-order valence-corrected chi connectivity index (χ2v) is 6.19. The van der Waals surface area contributed by atoms with E-state index in [0.29, 0.717) is 6.61 Å². The average molecular weight is 288 g/mol. The van der Waals surface area contributed by atoms with Gasteiger partial charge in [0.1, 0.15) is 0 Å². The van der Waals surface area contributed by atoms with Crippen LogP contribution in [0.2, 0.25) is 0 Å². The first-order valence-corrected chi connectivity index (χ1v) is 8.06. The monoisotopic (exact) mass is 288 g/mol. The van der Waals surface area contributed by atoms with Crippen molar-refractivity contribution in [2.45, 2.75) is 38.5 Å². The van der Waals surface area contributed by atoms with Crippen molar-refractivity contribution in [3.8, 4) is 0 Å². The first kappa shape index (κ1) is 13.7. The molecule has 0 saturated heterocycles. The summed E-state index contributed by atoms with van der Waals surface area (Å²) in [6.45, 7) is 2.23. The number of hydrogen-bond donors (Lipinski definition) is 1. The van der Waals surface area contributed by atoms with Crippen molar-refractivity contribution in [1.29, 1.82) is 0 Å². The lowest BCUT2D eigenvalue weighted by atomic mass is 10.3. The Hall–Kier alpha value is -1.23. The fraction of sp³-hybridized carbons (Fsp3) is 0.438. The predicted molar refractivity (Wildman–Crippen MR) is 81.8 cm³/mol. The van der Waals surface area contributed by atoms with Gasteiger partial charge in [-0.3, -0.25) is 4.98 Å². The van der Waals surface area contributed by atoms with Gasteiger partial charge in [0.2, 0.25) is 0 Å². The third-order valence-corrected chi connectivity index (χ3v) is 4.27. The van der Waals surface area contributed by atoms with E-state index in [9.17, 15) is 0 Å². The molecule has 0 spiro atoms. The summed E-state index contributed by atoms with van der Waals surface area (Å²) in [7, 11) is 0. The fourth-order valence-electron chi connectivity index (χ4n) is 2.05. The Morgan fingerprint density at radius 3 is 2.90 bits per heavy atom. The van der Waals surface area contributed by atoms with Gasteiger partial charge in [-0.15, -0.1) is 11.3 Å². The van der Waals surface area contributed by atoms with E-state index < -0.39 is 0 Å². The molecular formula is C16H20N2OS. The van der Waals surface area contributed by atoms with Crippen molar-refractivity contribution in [3.05, 3.63) is 52.0 Å². The van der Waals surface area contributed by atoms with Crippen LogP contribution >= 0.6 is 11.3 Å². The molecule has 0 unspecified atom stereocenters. The standard InChI is InChI=1S/C16H20N2OS/c1-3-14(11-17-13-6-7-13)18-15(4-1)12-19-9-8-16-5-2-10-20-16/h1-5,10,13,17H,6-9,11-12H2. The highest BCUT2D eigenvalue weighted by Crippen LogP contribution is 2.19. The molecule has 2 aromatic heterocycles. The van der Waals surface area contributed by atoms with E-state index in [1.54, 1.807) is 11.3 Å². The van der Waals surface area contributed by atoms with Gasteiger partial charge in [-0.1, -0.05) is 12.1 Å². The van der Waals surface area contributed by atoms with Crippen molar-refractivity contribution in [3.63, 3.8) is 0 Å². The zero-order valence-corrected chi connectivity index (χ0v) is 12.4. The molecule has 4 heteroatoms. The molecule has 0 bridgehead atoms. The SMILES string of the molecule is c1cc(CNC2CC2)nc(COCCc2cccs2)c1. The van der Waals surface area contributed by atoms with Crippen molar-refractivity contribution >= 4 is 11.3 Å². The van der Waals surface area contributed by atoms with Gasteiger partial charge in [-0.25, -0.2) is 0 Å². The van der Waals surface area contributed by atoms with Gasteiger partial charge in [-0.2, -0.15) is 0 Å². The van der Waals surface area contributed by atoms with E-state index in [1.807, 2.05) is 6.07 Å². The molecule has 3 rings (SSSR count). The highest BCUT2D eigenvalue weighted by atomic mass is 32.1. The highest BCUT2D eigenvalue weighted by molar-refractivity contribution is 7.09. The molecule has 3 nitrogen and oxygen atoms in total. The van der Waals surface area contributed by atoms with Gasteiger partial charge < -0.3 is 10.1 Å². The van der Waals surface area contributed by atoms with Crippen molar-refractivity contribution in [2.75, 3.05) is 6.61 Å². The number of rotatable bonds is 8. The minimum absolute atomic E-state index is 0.600. The quantitative estimate of drug-likeness (QED) is 0.758. The zero-order valence-electron chi connectivity index (χ0n) is 11.5. The molecule has 0 radical (unpaired) electrons. The summed E-state index contributed by atoms with van der Waals surface area (Å²) in [4.78, 5) is 6.00. The first-order valence-electron chi connectivity index (χ1n) is 7.18. The largest absolute Gasteiger partial charge is 0.375 e. The number of pyridine rings is 1. The summed E-state index contributed by atoms with van der Waals surface area (Å²) in [5.74, 6) is 0. The maximum atomic E-state index is 5.71. The van der Waals surface area contributed by atoms with Crippen molar-refractivity contribution in [2.24, 2.45) is 0 Å². The fourth-order valence-corrected chi connectivity index (χ4v) is 2.74. The number of thiophene rings is 1. The normalized spacial score (nSPS) is 14.6. The molecular weight excluding hydrogens is 268 g/mol. The Kier molecular flexibility index (Phi) is 4.79. The zero-order chi connectivity index (χ0) is 13.6. The number of nitrogens with zero attached hydrogens (tertiary/aromatic N) is 1. The Morgan fingerprint density at radius 2 is 2.10 bits per heavy atom. The van der Waals surface area contributed by atoms with Crippen LogP contribution in [0, 0.1) is 0 Å². The molecule has 20 heavy (non-hydrogen) atoms. The van der Waals surface area contributed by atoms with Crippen LogP contribution in [0.3, 0.4) is 0 Å². The molecule has 2 heterocycles. The summed E-state index contributed by atoms with van der Waals surface area (Å²) in [6.07, 6.45) is 3.61. The van der Waals surface area contributed by atoms with E-state index in [4.69, 9.17) is 4.74 Å². The first-order chi connectivity index (χ1) is 9.90. The molecule has 1 aliphatic carbocycles. The van der Waals surface area contributed by atoms with Crippen LogP contribution < -0.4 is 5.32 Å². The number of aromatic nitrogens is 1. The number of ether oxygens (including phenoxy) is 1. The average Bonchev–Trinajstić information content (AvgIpc) is 3.17. The third kappa shape index (κ3) is 4.40. The van der Waals surface area contributed by atoms with E-state index in [0.717, 1.165) is 37.0 Å². The van der Waals surface area contributed by atoms with Gasteiger partial charge in [0, 0.05) is 23.9 Å². The maximum Gasteiger partial charge on any atom is 0.0888 e. The second-order valence-electron chi connectivity index (χ2n) is 5.16. The number of hydrogen-bond acceptors (Lipinski definition) is 4. The molecule has 0 atom stereocenters. The van der Waals surface area contributed by atoms with Gasteiger partial charge in [0.15, 0.2) is 0 Å². The summed E-state index contributed by atoms with van der Waals surface area (Å²) in [5, 5.41) is 5.59. The summed E-state index contributed by atoms with van der Waals surface area (Å²) in [6, 6.07) is 11.1. The van der Waals surface area contributed by atoms with Crippen LogP contribution in [0.5, 0.6) is 0 Å². The minimum atomic E-state index is 0.600. The van der Waals surface area contributed by atoms with Crippen LogP contribution in [0.15, 0.2) is 35.7 Å². The smallest absolute Gasteiger partial charge is 0.0888 e. The molecule has 0 amide bonds. The van der Waals surface area contributed by atoms with E-state index >= 15 is 0 Å². The minimum Gasteiger partial charge on any atom is -0.375 e. The Labute approximate surface area is 124 Å². The van der Waals surface area contributed by atoms with Crippen LogP contribution in [-0.4, -0.2) is 17.6 Å². The third-order valence-electron chi connectivity index (χ3n) is 3.34. The molecule has 1 aliphatic rings. The maximum absolute atomic E-state index is 5.71. The summed E-state index contributed by atoms with van der Waals surface area (Å²) >= 11 is 1.78. The lowest BCUT2D eigenvalue weighted by molar-refractivity contribution is 0.121. The molecule has 2 aromatic rings. The Balaban J connectivity index is 1.40. The Morgan fingerprint density at radius 1 is 1.20 bits per heavy atom. The summed E-state index contributed by atoms with van der Waals surface area (Å²) in [5.41, 5.74) is 2.13. The topological polar surface area (TPSA) is 34.2 Å². The molecule has 0 aromatic carbocycles. The van der Waals surface area contributed by atoms with Crippen LogP contribution in [0.25, 0.3) is 0 Å². The van der Waals surface area contributed by atoms with Crippen LogP contribution in [0.1, 0.15) is 29.1 Å². The van der Waals surface area contributed by atoms with E-state index in [2.05, 4.69) is 39.9 Å². The van der Waals surface area contributed by atoms with E-state index in [1.165, 1.54) is 17.7 Å². The molecule has 1 N–H and O–H groups in total. The van der Waals surface area contributed by atoms with Crippen molar-refractivity contribution < 1.29 is 4.74 Å². The van der Waals surface area contributed by atoms with Gasteiger partial charge in [0.05, 0.1) is 24.6 Å². The summed E-state index contributed by atoms with van der Waals surface area (Å²) < 4.78 is 5.71.